The van der Waals surface area contributed by atoms with Crippen LogP contribution in [0.5, 0.6) is 0 Å². The summed E-state index contributed by atoms with van der Waals surface area (Å²) in [6.45, 7) is 4.75. The van der Waals surface area contributed by atoms with Gasteiger partial charge in [-0.2, -0.15) is 0 Å². The second kappa shape index (κ2) is 6.04. The second-order valence-corrected chi connectivity index (χ2v) is 10.3. The summed E-state index contributed by atoms with van der Waals surface area (Å²) in [4.78, 5) is 1.17. The van der Waals surface area contributed by atoms with E-state index in [9.17, 15) is 8.42 Å². The Morgan fingerprint density at radius 3 is 2.80 bits per heavy atom. The smallest absolute Gasteiger partial charge is 0.242 e. The fourth-order valence-electron chi connectivity index (χ4n) is 2.76. The first-order valence-corrected chi connectivity index (χ1v) is 9.83. The molecule has 20 heavy (non-hydrogen) atoms. The predicted molar refractivity (Wildman–Crippen MR) is 86.3 cm³/mol. The summed E-state index contributed by atoms with van der Waals surface area (Å²) in [7, 11) is -3.47. The van der Waals surface area contributed by atoms with E-state index in [2.05, 4.69) is 34.5 Å². The minimum absolute atomic E-state index is 0.0249. The van der Waals surface area contributed by atoms with Crippen LogP contribution in [0.25, 0.3) is 0 Å². The van der Waals surface area contributed by atoms with Crippen molar-refractivity contribution < 1.29 is 8.42 Å². The molecule has 3 N–H and O–H groups in total. The Hall–Kier alpha value is 0.0500. The minimum atomic E-state index is -3.47. The van der Waals surface area contributed by atoms with Crippen LogP contribution in [-0.4, -0.2) is 14.5 Å². The first kappa shape index (κ1) is 16.4. The van der Waals surface area contributed by atoms with Crippen molar-refractivity contribution in [1.29, 1.82) is 0 Å². The number of halogens is 1. The molecule has 0 aromatic carbocycles. The summed E-state index contributed by atoms with van der Waals surface area (Å²) in [5.41, 5.74) is 5.78. The van der Waals surface area contributed by atoms with E-state index in [0.29, 0.717) is 15.2 Å². The molecule has 0 bridgehead atoms. The molecule has 1 atom stereocenters. The molecule has 1 aromatic rings. The largest absolute Gasteiger partial charge is 0.326 e. The summed E-state index contributed by atoms with van der Waals surface area (Å²) in [6.07, 6.45) is 4.02. The van der Waals surface area contributed by atoms with E-state index in [1.54, 1.807) is 6.07 Å². The average Bonchev–Trinajstić information content (AvgIpc) is 2.69. The maximum Gasteiger partial charge on any atom is 0.242 e. The van der Waals surface area contributed by atoms with Crippen molar-refractivity contribution in [3.8, 4) is 0 Å². The molecule has 0 radical (unpaired) electrons. The van der Waals surface area contributed by atoms with Gasteiger partial charge in [0.05, 0.1) is 3.79 Å². The minimum Gasteiger partial charge on any atom is -0.326 e. The Balaban J connectivity index is 2.16. The highest BCUT2D eigenvalue weighted by Gasteiger charge is 2.31. The van der Waals surface area contributed by atoms with E-state index in [-0.39, 0.29) is 11.5 Å². The Labute approximate surface area is 133 Å². The van der Waals surface area contributed by atoms with Gasteiger partial charge in [0.15, 0.2) is 0 Å². The lowest BCUT2D eigenvalue weighted by atomic mass is 9.75. The Morgan fingerprint density at radius 2 is 2.25 bits per heavy atom. The number of sulfonamides is 1. The number of thiophene rings is 1. The van der Waals surface area contributed by atoms with E-state index in [4.69, 9.17) is 5.73 Å². The Bertz CT molecular complexity index is 581. The zero-order chi connectivity index (χ0) is 15.0. The number of hydrogen-bond donors (Lipinski definition) is 2. The average molecular weight is 381 g/mol. The molecule has 0 amide bonds. The number of hydrogen-bond acceptors (Lipinski definition) is 4. The molecule has 7 heteroatoms. The van der Waals surface area contributed by atoms with Gasteiger partial charge in [-0.3, -0.25) is 0 Å². The van der Waals surface area contributed by atoms with Crippen LogP contribution in [0.15, 0.2) is 14.7 Å². The lowest BCUT2D eigenvalue weighted by molar-refractivity contribution is 0.212. The van der Waals surface area contributed by atoms with Gasteiger partial charge in [0, 0.05) is 17.5 Å². The molecule has 1 aromatic heterocycles. The van der Waals surface area contributed by atoms with Gasteiger partial charge in [-0.1, -0.05) is 20.3 Å². The van der Waals surface area contributed by atoms with Gasteiger partial charge < -0.3 is 5.73 Å². The van der Waals surface area contributed by atoms with Gasteiger partial charge >= 0.3 is 0 Å². The van der Waals surface area contributed by atoms with E-state index in [1.807, 2.05) is 0 Å². The van der Waals surface area contributed by atoms with E-state index < -0.39 is 10.0 Å². The molecule has 4 nitrogen and oxygen atoms in total. The number of rotatable bonds is 4. The van der Waals surface area contributed by atoms with Crippen LogP contribution in [0, 0.1) is 5.41 Å². The summed E-state index contributed by atoms with van der Waals surface area (Å²) in [5, 5.41) is 0. The van der Waals surface area contributed by atoms with Crippen molar-refractivity contribution in [3.05, 3.63) is 14.7 Å². The van der Waals surface area contributed by atoms with Crippen LogP contribution in [0.3, 0.4) is 0 Å². The predicted octanol–water partition coefficient (Wildman–Crippen LogP) is 3.22. The first-order chi connectivity index (χ1) is 9.23. The summed E-state index contributed by atoms with van der Waals surface area (Å²) in [5.74, 6) is 0. The third-order valence-corrected chi connectivity index (χ3v) is 7.52. The lowest BCUT2D eigenvalue weighted by Crippen LogP contribution is -2.40. The van der Waals surface area contributed by atoms with Crippen molar-refractivity contribution in [3.63, 3.8) is 0 Å². The van der Waals surface area contributed by atoms with Gasteiger partial charge in [-0.05, 0) is 46.7 Å². The zero-order valence-electron chi connectivity index (χ0n) is 11.8. The third-order valence-electron chi connectivity index (χ3n) is 3.72. The molecule has 0 aliphatic heterocycles. The highest BCUT2D eigenvalue weighted by molar-refractivity contribution is 9.11. The topological polar surface area (TPSA) is 72.2 Å². The van der Waals surface area contributed by atoms with E-state index in [1.165, 1.54) is 11.3 Å². The Kier molecular flexibility index (Phi) is 4.96. The quantitative estimate of drug-likeness (QED) is 0.841. The molecule has 2 rings (SSSR count). The molecule has 1 aliphatic rings. The highest BCUT2D eigenvalue weighted by Crippen LogP contribution is 2.37. The fraction of sp³-hybridized carbons (Fsp3) is 0.692. The third kappa shape index (κ3) is 3.82. The number of nitrogens with two attached hydrogens (primary N) is 1. The molecule has 1 saturated carbocycles. The molecule has 1 unspecified atom stereocenters. The van der Waals surface area contributed by atoms with Crippen LogP contribution in [0.2, 0.25) is 0 Å². The van der Waals surface area contributed by atoms with Crippen molar-refractivity contribution >= 4 is 37.3 Å². The van der Waals surface area contributed by atoms with Gasteiger partial charge in [0.25, 0.3) is 0 Å². The molecule has 0 spiro atoms. The van der Waals surface area contributed by atoms with Gasteiger partial charge in [0.1, 0.15) is 4.90 Å². The van der Waals surface area contributed by atoms with Crippen LogP contribution in [0.1, 0.15) is 44.4 Å². The van der Waals surface area contributed by atoms with E-state index >= 15 is 0 Å². The Morgan fingerprint density at radius 1 is 1.55 bits per heavy atom. The maximum absolute atomic E-state index is 12.5. The molecule has 114 valence electrons. The van der Waals surface area contributed by atoms with Crippen LogP contribution in [0.4, 0.5) is 0 Å². The zero-order valence-corrected chi connectivity index (χ0v) is 15.0. The highest BCUT2D eigenvalue weighted by atomic mass is 79.9. The first-order valence-electron chi connectivity index (χ1n) is 6.74. The molecular weight excluding hydrogens is 360 g/mol. The van der Waals surface area contributed by atoms with Gasteiger partial charge in [-0.15, -0.1) is 11.3 Å². The number of nitrogens with one attached hydrogen (secondary N) is 1. The molecule has 1 fully saturated rings. The van der Waals surface area contributed by atoms with Crippen LogP contribution in [-0.2, 0) is 16.6 Å². The van der Waals surface area contributed by atoms with Gasteiger partial charge in [-0.25, -0.2) is 13.1 Å². The van der Waals surface area contributed by atoms with Crippen molar-refractivity contribution in [2.45, 2.75) is 57.0 Å². The summed E-state index contributed by atoms with van der Waals surface area (Å²) in [6, 6.07) is 1.68. The fourth-order valence-corrected chi connectivity index (χ4v) is 6.60. The monoisotopic (exact) mass is 380 g/mol. The van der Waals surface area contributed by atoms with Crippen molar-refractivity contribution in [2.24, 2.45) is 11.1 Å². The van der Waals surface area contributed by atoms with Crippen LogP contribution >= 0.6 is 27.3 Å². The summed E-state index contributed by atoms with van der Waals surface area (Å²) < 4.78 is 28.5. The normalized spacial score (nSPS) is 22.9. The maximum atomic E-state index is 12.5. The lowest BCUT2D eigenvalue weighted by Gasteiger charge is -2.35. The second-order valence-electron chi connectivity index (χ2n) is 6.13. The van der Waals surface area contributed by atoms with Crippen molar-refractivity contribution in [1.82, 2.24) is 4.72 Å². The SMILES string of the molecule is CC1(C)CCCC(NS(=O)(=O)c2cc(CN)sc2Br)C1. The molecule has 1 aliphatic carbocycles. The van der Waals surface area contributed by atoms with Crippen LogP contribution < -0.4 is 10.5 Å². The standard InChI is InChI=1S/C13H21BrN2O2S2/c1-13(2)5-3-4-9(7-13)16-20(17,18)11-6-10(8-15)19-12(11)14/h6,9,16H,3-5,7-8,15H2,1-2H3. The molecule has 1 heterocycles. The van der Waals surface area contributed by atoms with Crippen molar-refractivity contribution in [2.75, 3.05) is 0 Å². The summed E-state index contributed by atoms with van der Waals surface area (Å²) >= 11 is 4.70. The van der Waals surface area contributed by atoms with E-state index in [0.717, 1.165) is 30.6 Å². The molecular formula is C13H21BrN2O2S2. The molecule has 0 saturated heterocycles. The van der Waals surface area contributed by atoms with Gasteiger partial charge in [0.2, 0.25) is 10.0 Å².